The SMILES string of the molecule is Cc1ccc(NC(=O)c2cc3cc(Br)ccc3n2NC(=O)C(=O)NC[C@@H]2CCCO2)cc1Cl. The lowest BCUT2D eigenvalue weighted by Crippen LogP contribution is -2.42. The van der Waals surface area contributed by atoms with E-state index >= 15 is 0 Å². The zero-order valence-electron chi connectivity index (χ0n) is 17.8. The molecule has 10 heteroatoms. The Balaban J connectivity index is 1.57. The molecule has 172 valence electrons. The highest BCUT2D eigenvalue weighted by Gasteiger charge is 2.23. The Hall–Kier alpha value is -2.88. The highest BCUT2D eigenvalue weighted by molar-refractivity contribution is 9.10. The second-order valence-corrected chi connectivity index (χ2v) is 9.10. The van der Waals surface area contributed by atoms with Crippen molar-refractivity contribution in [1.29, 1.82) is 0 Å². The van der Waals surface area contributed by atoms with E-state index in [1.807, 2.05) is 13.0 Å². The minimum atomic E-state index is -0.888. The van der Waals surface area contributed by atoms with Gasteiger partial charge >= 0.3 is 11.8 Å². The first-order valence-corrected chi connectivity index (χ1v) is 11.6. The third-order valence-corrected chi connectivity index (χ3v) is 6.26. The van der Waals surface area contributed by atoms with Gasteiger partial charge in [0, 0.05) is 33.7 Å². The van der Waals surface area contributed by atoms with Gasteiger partial charge in [0.1, 0.15) is 5.69 Å². The van der Waals surface area contributed by atoms with Crippen molar-refractivity contribution in [3.63, 3.8) is 0 Å². The molecule has 0 saturated carbocycles. The summed E-state index contributed by atoms with van der Waals surface area (Å²) in [6.07, 6.45) is 1.68. The van der Waals surface area contributed by atoms with Gasteiger partial charge in [-0.3, -0.25) is 19.8 Å². The van der Waals surface area contributed by atoms with Crippen LogP contribution in [0.15, 0.2) is 46.9 Å². The number of carbonyl (C=O) groups excluding carboxylic acids is 3. The summed E-state index contributed by atoms with van der Waals surface area (Å²) in [5.41, 5.74) is 4.64. The number of nitrogens with zero attached hydrogens (tertiary/aromatic N) is 1. The molecule has 2 aromatic carbocycles. The Morgan fingerprint density at radius 3 is 2.70 bits per heavy atom. The van der Waals surface area contributed by atoms with Gasteiger partial charge in [0.05, 0.1) is 11.6 Å². The van der Waals surface area contributed by atoms with Crippen LogP contribution in [-0.4, -0.2) is 41.7 Å². The molecule has 1 fully saturated rings. The van der Waals surface area contributed by atoms with Crippen molar-refractivity contribution in [2.45, 2.75) is 25.9 Å². The Morgan fingerprint density at radius 2 is 1.97 bits per heavy atom. The van der Waals surface area contributed by atoms with Gasteiger partial charge in [0.2, 0.25) is 0 Å². The van der Waals surface area contributed by atoms with E-state index in [1.54, 1.807) is 36.4 Å². The molecule has 4 rings (SSSR count). The monoisotopic (exact) mass is 532 g/mol. The number of ether oxygens (including phenoxy) is 1. The number of hydrogen-bond acceptors (Lipinski definition) is 4. The Morgan fingerprint density at radius 1 is 1.15 bits per heavy atom. The van der Waals surface area contributed by atoms with Gasteiger partial charge in [-0.15, -0.1) is 0 Å². The van der Waals surface area contributed by atoms with Crippen LogP contribution in [0, 0.1) is 6.92 Å². The number of hydrogen-bond donors (Lipinski definition) is 3. The van der Waals surface area contributed by atoms with E-state index in [1.165, 1.54) is 4.68 Å². The summed E-state index contributed by atoms with van der Waals surface area (Å²) in [5.74, 6) is -2.16. The van der Waals surface area contributed by atoms with Crippen LogP contribution in [0.4, 0.5) is 5.69 Å². The van der Waals surface area contributed by atoms with Crippen molar-refractivity contribution in [3.8, 4) is 0 Å². The molecule has 1 aliphatic heterocycles. The molecule has 1 aliphatic rings. The van der Waals surface area contributed by atoms with Crippen LogP contribution in [0.5, 0.6) is 0 Å². The number of aromatic nitrogens is 1. The molecule has 1 atom stereocenters. The van der Waals surface area contributed by atoms with Crippen LogP contribution in [0.1, 0.15) is 28.9 Å². The average Bonchev–Trinajstić information content (AvgIpc) is 3.42. The van der Waals surface area contributed by atoms with Gasteiger partial charge in [-0.2, -0.15) is 0 Å². The van der Waals surface area contributed by atoms with Gasteiger partial charge in [0.15, 0.2) is 0 Å². The lowest BCUT2D eigenvalue weighted by atomic mass is 10.2. The third kappa shape index (κ3) is 5.38. The molecule has 8 nitrogen and oxygen atoms in total. The molecule has 0 spiro atoms. The van der Waals surface area contributed by atoms with Crippen LogP contribution in [0.2, 0.25) is 5.02 Å². The Kier molecular flexibility index (Phi) is 7.02. The van der Waals surface area contributed by atoms with E-state index in [2.05, 4.69) is 32.0 Å². The fourth-order valence-corrected chi connectivity index (χ4v) is 4.14. The molecule has 0 aliphatic carbocycles. The zero-order chi connectivity index (χ0) is 23.5. The fourth-order valence-electron chi connectivity index (χ4n) is 3.58. The fraction of sp³-hybridized carbons (Fsp3) is 0.261. The number of anilines is 1. The minimum absolute atomic E-state index is 0.0887. The topological polar surface area (TPSA) is 101 Å². The van der Waals surface area contributed by atoms with Crippen LogP contribution in [0.3, 0.4) is 0 Å². The van der Waals surface area contributed by atoms with E-state index in [-0.39, 0.29) is 18.3 Å². The molecule has 3 N–H and O–H groups in total. The largest absolute Gasteiger partial charge is 0.376 e. The molecule has 1 saturated heterocycles. The van der Waals surface area contributed by atoms with Crippen molar-refractivity contribution < 1.29 is 19.1 Å². The maximum Gasteiger partial charge on any atom is 0.328 e. The second kappa shape index (κ2) is 9.94. The molecular weight excluding hydrogens is 512 g/mol. The number of rotatable bonds is 5. The van der Waals surface area contributed by atoms with Gasteiger partial charge in [-0.1, -0.05) is 33.6 Å². The molecule has 0 bridgehead atoms. The molecule has 1 aromatic heterocycles. The smallest absolute Gasteiger partial charge is 0.328 e. The average molecular weight is 534 g/mol. The number of amides is 3. The van der Waals surface area contributed by atoms with Crippen molar-refractivity contribution in [1.82, 2.24) is 9.99 Å². The molecule has 0 radical (unpaired) electrons. The van der Waals surface area contributed by atoms with Gasteiger partial charge in [-0.05, 0) is 61.7 Å². The maximum absolute atomic E-state index is 13.1. The summed E-state index contributed by atoms with van der Waals surface area (Å²) in [7, 11) is 0. The first-order chi connectivity index (χ1) is 15.8. The number of nitrogens with one attached hydrogen (secondary N) is 3. The van der Waals surface area contributed by atoms with Crippen LogP contribution in [0.25, 0.3) is 10.9 Å². The quantitative estimate of drug-likeness (QED) is 0.432. The normalized spacial score (nSPS) is 15.4. The second-order valence-electron chi connectivity index (χ2n) is 7.77. The van der Waals surface area contributed by atoms with Gasteiger partial charge in [0.25, 0.3) is 5.91 Å². The number of aryl methyl sites for hydroxylation is 1. The molecular formula is C23H22BrClN4O4. The molecule has 3 aromatic rings. The molecule has 3 amide bonds. The van der Waals surface area contributed by atoms with E-state index in [4.69, 9.17) is 16.3 Å². The molecule has 33 heavy (non-hydrogen) atoms. The van der Waals surface area contributed by atoms with Crippen LogP contribution < -0.4 is 16.1 Å². The summed E-state index contributed by atoms with van der Waals surface area (Å²) in [4.78, 5) is 38.0. The van der Waals surface area contributed by atoms with Gasteiger partial charge < -0.3 is 15.4 Å². The highest BCUT2D eigenvalue weighted by Crippen LogP contribution is 2.25. The lowest BCUT2D eigenvalue weighted by molar-refractivity contribution is -0.136. The summed E-state index contributed by atoms with van der Waals surface area (Å²) in [5, 5.41) is 6.59. The first kappa shape index (κ1) is 23.3. The Bertz CT molecular complexity index is 1240. The van der Waals surface area contributed by atoms with Crippen LogP contribution in [-0.2, 0) is 14.3 Å². The van der Waals surface area contributed by atoms with Crippen molar-refractivity contribution in [2.24, 2.45) is 0 Å². The first-order valence-electron chi connectivity index (χ1n) is 10.4. The summed E-state index contributed by atoms with van der Waals surface area (Å²) in [6.45, 7) is 2.78. The standard InChI is InChI=1S/C23H22BrClN4O4/c1-13-4-6-16(11-18(13)25)27-21(30)20-10-14-9-15(24)5-7-19(14)29(20)28-23(32)22(31)26-12-17-3-2-8-33-17/h4-7,9-11,17H,2-3,8,12H2,1H3,(H,26,31)(H,27,30)(H,28,32)/t17-/m0/s1. The highest BCUT2D eigenvalue weighted by atomic mass is 79.9. The Labute approximate surface area is 203 Å². The van der Waals surface area contributed by atoms with Crippen molar-refractivity contribution in [2.75, 3.05) is 23.9 Å². The number of fused-ring (bicyclic) bond motifs is 1. The lowest BCUT2D eigenvalue weighted by Gasteiger charge is -2.14. The maximum atomic E-state index is 13.1. The van der Waals surface area contributed by atoms with Crippen LogP contribution >= 0.6 is 27.5 Å². The zero-order valence-corrected chi connectivity index (χ0v) is 20.1. The third-order valence-electron chi connectivity index (χ3n) is 5.36. The van der Waals surface area contributed by atoms with Gasteiger partial charge in [-0.25, -0.2) is 4.68 Å². The van der Waals surface area contributed by atoms with E-state index in [0.29, 0.717) is 28.2 Å². The van der Waals surface area contributed by atoms with E-state index < -0.39 is 17.7 Å². The van der Waals surface area contributed by atoms with Crippen molar-refractivity contribution >= 4 is 61.8 Å². The van der Waals surface area contributed by atoms with E-state index in [9.17, 15) is 14.4 Å². The predicted octanol–water partition coefficient (Wildman–Crippen LogP) is 3.98. The number of carbonyl (C=O) groups is 3. The number of benzene rings is 2. The summed E-state index contributed by atoms with van der Waals surface area (Å²) in [6, 6.07) is 12.2. The minimum Gasteiger partial charge on any atom is -0.376 e. The predicted molar refractivity (Wildman–Crippen MR) is 130 cm³/mol. The molecule has 0 unspecified atom stereocenters. The number of halogens is 2. The summed E-state index contributed by atoms with van der Waals surface area (Å²) >= 11 is 9.58. The van der Waals surface area contributed by atoms with E-state index in [0.717, 1.165) is 22.9 Å². The van der Waals surface area contributed by atoms with Crippen molar-refractivity contribution in [3.05, 3.63) is 63.2 Å². The summed E-state index contributed by atoms with van der Waals surface area (Å²) < 4.78 is 7.58. The molecule has 2 heterocycles.